The molecule has 1 aliphatic heterocycles. The molecular formula is C17H27N3O. The fourth-order valence-electron chi connectivity index (χ4n) is 2.67. The molecule has 0 aromatic heterocycles. The van der Waals surface area contributed by atoms with Crippen molar-refractivity contribution in [2.75, 3.05) is 39.5 Å². The van der Waals surface area contributed by atoms with Crippen LogP contribution < -0.4 is 5.32 Å². The highest BCUT2D eigenvalue weighted by molar-refractivity contribution is 5.78. The number of anilines is 1. The highest BCUT2D eigenvalue weighted by Gasteiger charge is 2.14. The van der Waals surface area contributed by atoms with Crippen molar-refractivity contribution in [3.63, 3.8) is 0 Å². The SMILES string of the molecule is CN1CCCC(Nc2ccc(CC(=O)N(C)C)cc2)CC1. The molecular weight excluding hydrogens is 262 g/mol. The third-order valence-electron chi connectivity index (χ3n) is 4.13. The first-order valence-electron chi connectivity index (χ1n) is 7.79. The molecule has 4 heteroatoms. The summed E-state index contributed by atoms with van der Waals surface area (Å²) in [5, 5.41) is 3.62. The molecule has 1 saturated heterocycles. The van der Waals surface area contributed by atoms with Gasteiger partial charge in [0, 0.05) is 25.8 Å². The molecule has 0 saturated carbocycles. The van der Waals surface area contributed by atoms with Crippen molar-refractivity contribution in [1.82, 2.24) is 9.80 Å². The summed E-state index contributed by atoms with van der Waals surface area (Å²) in [7, 11) is 5.78. The van der Waals surface area contributed by atoms with Gasteiger partial charge in [-0.1, -0.05) is 12.1 Å². The average Bonchev–Trinajstić information content (AvgIpc) is 2.66. The van der Waals surface area contributed by atoms with E-state index in [2.05, 4.69) is 29.4 Å². The molecule has 2 rings (SSSR count). The summed E-state index contributed by atoms with van der Waals surface area (Å²) in [6.07, 6.45) is 4.15. The van der Waals surface area contributed by atoms with E-state index < -0.39 is 0 Å². The van der Waals surface area contributed by atoms with E-state index in [0.29, 0.717) is 12.5 Å². The Morgan fingerprint density at radius 1 is 1.24 bits per heavy atom. The standard InChI is InChI=1S/C17H27N3O/c1-19(2)17(21)13-14-6-8-16(9-7-14)18-15-5-4-11-20(3)12-10-15/h6-9,15,18H,4-5,10-13H2,1-3H3. The van der Waals surface area contributed by atoms with Crippen LogP contribution in [-0.2, 0) is 11.2 Å². The third kappa shape index (κ3) is 5.05. The fourth-order valence-corrected chi connectivity index (χ4v) is 2.67. The molecule has 4 nitrogen and oxygen atoms in total. The van der Waals surface area contributed by atoms with E-state index in [1.165, 1.54) is 25.8 Å². The zero-order chi connectivity index (χ0) is 15.2. The van der Waals surface area contributed by atoms with E-state index in [0.717, 1.165) is 17.8 Å². The monoisotopic (exact) mass is 289 g/mol. The van der Waals surface area contributed by atoms with Gasteiger partial charge in [0.15, 0.2) is 0 Å². The fraction of sp³-hybridized carbons (Fsp3) is 0.588. The highest BCUT2D eigenvalue weighted by atomic mass is 16.2. The number of likely N-dealkylation sites (N-methyl/N-ethyl adjacent to an activating group) is 1. The van der Waals surface area contributed by atoms with Crippen LogP contribution in [0.25, 0.3) is 0 Å². The summed E-state index contributed by atoms with van der Waals surface area (Å²) in [6, 6.07) is 8.84. The molecule has 1 aromatic rings. The molecule has 0 radical (unpaired) electrons. The van der Waals surface area contributed by atoms with Crippen LogP contribution in [0.2, 0.25) is 0 Å². The number of hydrogen-bond donors (Lipinski definition) is 1. The van der Waals surface area contributed by atoms with E-state index in [1.54, 1.807) is 19.0 Å². The quantitative estimate of drug-likeness (QED) is 0.923. The van der Waals surface area contributed by atoms with Gasteiger partial charge in [-0.3, -0.25) is 4.79 Å². The summed E-state index contributed by atoms with van der Waals surface area (Å²) >= 11 is 0. The number of benzene rings is 1. The second-order valence-corrected chi connectivity index (χ2v) is 6.24. The Kier molecular flexibility index (Phi) is 5.62. The van der Waals surface area contributed by atoms with Crippen molar-refractivity contribution in [3.8, 4) is 0 Å². The van der Waals surface area contributed by atoms with Gasteiger partial charge in [0.1, 0.15) is 0 Å². The number of likely N-dealkylation sites (tertiary alicyclic amines) is 1. The predicted octanol–water partition coefficient (Wildman–Crippen LogP) is 2.21. The number of carbonyl (C=O) groups excluding carboxylic acids is 1. The van der Waals surface area contributed by atoms with Crippen molar-refractivity contribution in [2.45, 2.75) is 31.7 Å². The lowest BCUT2D eigenvalue weighted by Gasteiger charge is -2.18. The molecule has 1 atom stereocenters. The van der Waals surface area contributed by atoms with E-state index in [9.17, 15) is 4.79 Å². The summed E-state index contributed by atoms with van der Waals surface area (Å²) in [5.74, 6) is 0.141. The maximum Gasteiger partial charge on any atom is 0.226 e. The molecule has 1 aromatic carbocycles. The Morgan fingerprint density at radius 3 is 2.62 bits per heavy atom. The maximum absolute atomic E-state index is 11.7. The zero-order valence-electron chi connectivity index (χ0n) is 13.4. The van der Waals surface area contributed by atoms with Crippen molar-refractivity contribution < 1.29 is 4.79 Å². The van der Waals surface area contributed by atoms with Crippen molar-refractivity contribution in [2.24, 2.45) is 0 Å². The summed E-state index contributed by atoms with van der Waals surface area (Å²) < 4.78 is 0. The normalized spacial score (nSPS) is 19.9. The molecule has 0 aliphatic carbocycles. The zero-order valence-corrected chi connectivity index (χ0v) is 13.4. The molecule has 1 amide bonds. The highest BCUT2D eigenvalue weighted by Crippen LogP contribution is 2.17. The Balaban J connectivity index is 1.88. The number of hydrogen-bond acceptors (Lipinski definition) is 3. The average molecular weight is 289 g/mol. The predicted molar refractivity (Wildman–Crippen MR) is 87.6 cm³/mol. The number of nitrogens with zero attached hydrogens (tertiary/aromatic N) is 2. The Hall–Kier alpha value is -1.55. The van der Waals surface area contributed by atoms with E-state index in [1.807, 2.05) is 12.1 Å². The lowest BCUT2D eigenvalue weighted by Crippen LogP contribution is -2.23. The third-order valence-corrected chi connectivity index (χ3v) is 4.13. The number of nitrogens with one attached hydrogen (secondary N) is 1. The van der Waals surface area contributed by atoms with Gasteiger partial charge in [-0.05, 0) is 57.1 Å². The lowest BCUT2D eigenvalue weighted by molar-refractivity contribution is -0.127. The van der Waals surface area contributed by atoms with Gasteiger partial charge in [-0.15, -0.1) is 0 Å². The summed E-state index contributed by atoms with van der Waals surface area (Å²) in [5.41, 5.74) is 2.23. The first-order valence-corrected chi connectivity index (χ1v) is 7.79. The van der Waals surface area contributed by atoms with Crippen molar-refractivity contribution >= 4 is 11.6 Å². The molecule has 0 bridgehead atoms. The van der Waals surface area contributed by atoms with Gasteiger partial charge in [0.05, 0.1) is 6.42 Å². The topological polar surface area (TPSA) is 35.6 Å². The van der Waals surface area contributed by atoms with Crippen LogP contribution in [0.3, 0.4) is 0 Å². The van der Waals surface area contributed by atoms with Gasteiger partial charge >= 0.3 is 0 Å². The molecule has 1 aliphatic rings. The maximum atomic E-state index is 11.7. The Morgan fingerprint density at radius 2 is 1.95 bits per heavy atom. The Bertz CT molecular complexity index is 456. The molecule has 0 spiro atoms. The minimum atomic E-state index is 0.141. The summed E-state index contributed by atoms with van der Waals surface area (Å²) in [4.78, 5) is 15.7. The van der Waals surface area contributed by atoms with E-state index >= 15 is 0 Å². The first-order chi connectivity index (χ1) is 10.0. The van der Waals surface area contributed by atoms with Crippen LogP contribution >= 0.6 is 0 Å². The van der Waals surface area contributed by atoms with Gasteiger partial charge in [-0.2, -0.15) is 0 Å². The molecule has 1 unspecified atom stereocenters. The second kappa shape index (κ2) is 7.46. The lowest BCUT2D eigenvalue weighted by atomic mass is 10.1. The van der Waals surface area contributed by atoms with Crippen molar-refractivity contribution in [3.05, 3.63) is 29.8 Å². The van der Waals surface area contributed by atoms with Crippen molar-refractivity contribution in [1.29, 1.82) is 0 Å². The van der Waals surface area contributed by atoms with Crippen LogP contribution in [-0.4, -0.2) is 56.0 Å². The van der Waals surface area contributed by atoms with E-state index in [-0.39, 0.29) is 5.91 Å². The summed E-state index contributed by atoms with van der Waals surface area (Å²) in [6.45, 7) is 2.36. The van der Waals surface area contributed by atoms with Crippen LogP contribution in [0.15, 0.2) is 24.3 Å². The van der Waals surface area contributed by atoms with Gasteiger partial charge < -0.3 is 15.1 Å². The van der Waals surface area contributed by atoms with Crippen LogP contribution in [0, 0.1) is 0 Å². The molecule has 1 N–H and O–H groups in total. The minimum absolute atomic E-state index is 0.141. The minimum Gasteiger partial charge on any atom is -0.382 e. The molecule has 1 fully saturated rings. The van der Waals surface area contributed by atoms with Crippen LogP contribution in [0.4, 0.5) is 5.69 Å². The Labute approximate surface area is 128 Å². The first kappa shape index (κ1) is 15.8. The van der Waals surface area contributed by atoms with E-state index in [4.69, 9.17) is 0 Å². The van der Waals surface area contributed by atoms with Crippen LogP contribution in [0.1, 0.15) is 24.8 Å². The molecule has 21 heavy (non-hydrogen) atoms. The second-order valence-electron chi connectivity index (χ2n) is 6.24. The number of carbonyl (C=O) groups is 1. The number of rotatable bonds is 4. The van der Waals surface area contributed by atoms with Gasteiger partial charge in [-0.25, -0.2) is 0 Å². The van der Waals surface area contributed by atoms with Crippen LogP contribution in [0.5, 0.6) is 0 Å². The molecule has 1 heterocycles. The number of amides is 1. The largest absolute Gasteiger partial charge is 0.382 e. The molecule has 116 valence electrons. The van der Waals surface area contributed by atoms with Gasteiger partial charge in [0.2, 0.25) is 5.91 Å². The smallest absolute Gasteiger partial charge is 0.226 e. The van der Waals surface area contributed by atoms with Gasteiger partial charge in [0.25, 0.3) is 0 Å².